The van der Waals surface area contributed by atoms with Crippen LogP contribution in [0.25, 0.3) is 10.9 Å². The fourth-order valence-electron chi connectivity index (χ4n) is 3.77. The minimum Gasteiger partial charge on any atom is -0.378 e. The highest BCUT2D eigenvalue weighted by Gasteiger charge is 2.22. The van der Waals surface area contributed by atoms with Crippen LogP contribution in [0.5, 0.6) is 0 Å². The van der Waals surface area contributed by atoms with Gasteiger partial charge in [-0.3, -0.25) is 9.48 Å². The molecule has 29 heavy (non-hydrogen) atoms. The van der Waals surface area contributed by atoms with Crippen molar-refractivity contribution in [3.8, 4) is 0 Å². The Morgan fingerprint density at radius 3 is 2.69 bits per heavy atom. The summed E-state index contributed by atoms with van der Waals surface area (Å²) in [5.41, 5.74) is 2.06. The van der Waals surface area contributed by atoms with Crippen molar-refractivity contribution >= 4 is 28.3 Å². The molecule has 4 rings (SSSR count). The summed E-state index contributed by atoms with van der Waals surface area (Å²) in [6.07, 6.45) is 0. The van der Waals surface area contributed by atoms with Gasteiger partial charge in [-0.05, 0) is 26.0 Å². The van der Waals surface area contributed by atoms with Crippen LogP contribution in [0.1, 0.15) is 18.6 Å². The van der Waals surface area contributed by atoms with Gasteiger partial charge in [-0.2, -0.15) is 10.2 Å². The van der Waals surface area contributed by atoms with E-state index >= 15 is 0 Å². The third-order valence-electron chi connectivity index (χ3n) is 5.31. The van der Waals surface area contributed by atoms with Crippen LogP contribution >= 0.6 is 0 Å². The Morgan fingerprint density at radius 1 is 1.24 bits per heavy atom. The van der Waals surface area contributed by atoms with E-state index in [9.17, 15) is 4.79 Å². The Morgan fingerprint density at radius 2 is 2.00 bits per heavy atom. The normalized spacial score (nSPS) is 15.7. The maximum Gasteiger partial charge on any atom is 0.230 e. The molecule has 9 heteroatoms. The van der Waals surface area contributed by atoms with Crippen LogP contribution < -0.4 is 10.2 Å². The van der Waals surface area contributed by atoms with Crippen molar-refractivity contribution in [1.29, 1.82) is 0 Å². The number of anilines is 2. The van der Waals surface area contributed by atoms with Crippen molar-refractivity contribution < 1.29 is 9.53 Å². The van der Waals surface area contributed by atoms with Gasteiger partial charge in [-0.15, -0.1) is 0 Å². The third kappa shape index (κ3) is 3.82. The van der Waals surface area contributed by atoms with E-state index in [1.807, 2.05) is 44.6 Å². The molecule has 1 aliphatic rings. The molecule has 1 aliphatic heterocycles. The molecule has 3 heterocycles. The number of aryl methyl sites for hydroxylation is 3. The number of benzene rings is 1. The number of ether oxygens (including phenoxy) is 1. The number of nitrogens with one attached hydrogen (secondary N) is 1. The number of hydrogen-bond donors (Lipinski definition) is 1. The summed E-state index contributed by atoms with van der Waals surface area (Å²) >= 11 is 0. The average Bonchev–Trinajstić information content (AvgIpc) is 3.20. The number of rotatable bonds is 5. The standard InChI is InChI=1S/C20H27N7O2/c1-13(12-27-15(3)21-14(2)23-27)20(28)22-19-18-16(25(4)24-19)6-5-7-17(18)26-8-10-29-11-9-26/h5-7,13H,8-12H2,1-4H3,(H,22,24,28). The first-order valence-corrected chi connectivity index (χ1v) is 9.91. The highest BCUT2D eigenvalue weighted by atomic mass is 16.5. The molecule has 1 amide bonds. The molecule has 1 N–H and O–H groups in total. The molecule has 1 fully saturated rings. The van der Waals surface area contributed by atoms with Gasteiger partial charge < -0.3 is 15.0 Å². The Hall–Kier alpha value is -2.94. The van der Waals surface area contributed by atoms with Gasteiger partial charge in [0, 0.05) is 20.1 Å². The maximum atomic E-state index is 12.9. The first-order chi connectivity index (χ1) is 13.9. The Kier molecular flexibility index (Phi) is 5.23. The van der Waals surface area contributed by atoms with Gasteiger partial charge in [0.05, 0.1) is 42.3 Å². The van der Waals surface area contributed by atoms with Gasteiger partial charge in [0.2, 0.25) is 5.91 Å². The molecule has 0 aliphatic carbocycles. The minimum absolute atomic E-state index is 0.0886. The lowest BCUT2D eigenvalue weighted by atomic mass is 10.1. The largest absolute Gasteiger partial charge is 0.378 e. The molecule has 0 saturated carbocycles. The van der Waals surface area contributed by atoms with Gasteiger partial charge >= 0.3 is 0 Å². The van der Waals surface area contributed by atoms with E-state index in [2.05, 4.69) is 31.5 Å². The smallest absolute Gasteiger partial charge is 0.230 e. The first kappa shape index (κ1) is 19.4. The van der Waals surface area contributed by atoms with Gasteiger partial charge in [-0.1, -0.05) is 13.0 Å². The van der Waals surface area contributed by atoms with Crippen molar-refractivity contribution in [2.45, 2.75) is 27.3 Å². The number of carbonyl (C=O) groups excluding carboxylic acids is 1. The zero-order chi connectivity index (χ0) is 20.5. The summed E-state index contributed by atoms with van der Waals surface area (Å²) < 4.78 is 9.07. The minimum atomic E-state index is -0.276. The number of aromatic nitrogens is 5. The molecule has 1 atom stereocenters. The van der Waals surface area contributed by atoms with Crippen molar-refractivity contribution in [1.82, 2.24) is 24.5 Å². The fraction of sp³-hybridized carbons (Fsp3) is 0.500. The number of amides is 1. The monoisotopic (exact) mass is 397 g/mol. The molecule has 1 aromatic carbocycles. The highest BCUT2D eigenvalue weighted by Crippen LogP contribution is 2.33. The molecule has 1 unspecified atom stereocenters. The molecule has 154 valence electrons. The van der Waals surface area contributed by atoms with Crippen LogP contribution in [-0.2, 0) is 23.1 Å². The number of nitrogens with zero attached hydrogens (tertiary/aromatic N) is 6. The van der Waals surface area contributed by atoms with E-state index in [0.29, 0.717) is 31.4 Å². The van der Waals surface area contributed by atoms with Crippen LogP contribution in [0.3, 0.4) is 0 Å². The van der Waals surface area contributed by atoms with E-state index in [1.165, 1.54) is 0 Å². The number of hydrogen-bond acceptors (Lipinski definition) is 6. The molecular formula is C20H27N7O2. The topological polar surface area (TPSA) is 90.1 Å². The summed E-state index contributed by atoms with van der Waals surface area (Å²) in [6.45, 7) is 9.15. The molecule has 9 nitrogen and oxygen atoms in total. The third-order valence-corrected chi connectivity index (χ3v) is 5.31. The molecule has 0 radical (unpaired) electrons. The predicted octanol–water partition coefficient (Wildman–Crippen LogP) is 1.89. The summed E-state index contributed by atoms with van der Waals surface area (Å²) in [5, 5.41) is 12.9. The quantitative estimate of drug-likeness (QED) is 0.707. The summed E-state index contributed by atoms with van der Waals surface area (Å²) in [4.78, 5) is 19.5. The number of carbonyl (C=O) groups is 1. The summed E-state index contributed by atoms with van der Waals surface area (Å²) in [5.74, 6) is 1.74. The lowest BCUT2D eigenvalue weighted by Crippen LogP contribution is -2.36. The zero-order valence-electron chi connectivity index (χ0n) is 17.3. The second-order valence-electron chi connectivity index (χ2n) is 7.52. The highest BCUT2D eigenvalue weighted by molar-refractivity contribution is 6.06. The van der Waals surface area contributed by atoms with E-state index in [-0.39, 0.29) is 11.8 Å². The van der Waals surface area contributed by atoms with Gasteiger partial charge in [0.25, 0.3) is 0 Å². The molecule has 0 spiro atoms. The van der Waals surface area contributed by atoms with Crippen LogP contribution in [0.4, 0.5) is 11.5 Å². The molecular weight excluding hydrogens is 370 g/mol. The lowest BCUT2D eigenvalue weighted by Gasteiger charge is -2.29. The fourth-order valence-corrected chi connectivity index (χ4v) is 3.77. The molecule has 1 saturated heterocycles. The van der Waals surface area contributed by atoms with Crippen LogP contribution in [0.2, 0.25) is 0 Å². The van der Waals surface area contributed by atoms with Crippen LogP contribution in [0, 0.1) is 19.8 Å². The van der Waals surface area contributed by atoms with E-state index in [0.717, 1.165) is 35.5 Å². The molecule has 2 aromatic heterocycles. The Labute approximate surface area is 169 Å². The SMILES string of the molecule is Cc1nc(C)n(CC(C)C(=O)Nc2nn(C)c3cccc(N4CCOCC4)c23)n1. The predicted molar refractivity (Wildman–Crippen MR) is 111 cm³/mol. The Bertz CT molecular complexity index is 1030. The van der Waals surface area contributed by atoms with E-state index < -0.39 is 0 Å². The van der Waals surface area contributed by atoms with Gasteiger partial charge in [-0.25, -0.2) is 9.67 Å². The first-order valence-electron chi connectivity index (χ1n) is 9.91. The van der Waals surface area contributed by atoms with Gasteiger partial charge in [0.1, 0.15) is 11.6 Å². The summed E-state index contributed by atoms with van der Waals surface area (Å²) in [6, 6.07) is 6.13. The second-order valence-corrected chi connectivity index (χ2v) is 7.52. The van der Waals surface area contributed by atoms with Crippen molar-refractivity contribution in [2.24, 2.45) is 13.0 Å². The van der Waals surface area contributed by atoms with Crippen molar-refractivity contribution in [3.05, 3.63) is 29.8 Å². The number of fused-ring (bicyclic) bond motifs is 1. The maximum absolute atomic E-state index is 12.9. The van der Waals surface area contributed by atoms with E-state index in [4.69, 9.17) is 4.74 Å². The van der Waals surface area contributed by atoms with Crippen molar-refractivity contribution in [3.63, 3.8) is 0 Å². The van der Waals surface area contributed by atoms with Crippen LogP contribution in [0.15, 0.2) is 18.2 Å². The number of morpholine rings is 1. The second kappa shape index (κ2) is 7.82. The van der Waals surface area contributed by atoms with Gasteiger partial charge in [0.15, 0.2) is 5.82 Å². The summed E-state index contributed by atoms with van der Waals surface area (Å²) in [7, 11) is 1.89. The lowest BCUT2D eigenvalue weighted by molar-refractivity contribution is -0.119. The van der Waals surface area contributed by atoms with Crippen molar-refractivity contribution in [2.75, 3.05) is 36.5 Å². The average molecular weight is 397 g/mol. The zero-order valence-corrected chi connectivity index (χ0v) is 17.3. The molecule has 3 aromatic rings. The van der Waals surface area contributed by atoms with Crippen LogP contribution in [-0.4, -0.2) is 56.8 Å². The van der Waals surface area contributed by atoms with E-state index in [1.54, 1.807) is 4.68 Å². The Balaban J connectivity index is 1.60. The molecule has 0 bridgehead atoms.